The number of thiazole rings is 1. The maximum Gasteiger partial charge on any atom is 0.244 e. The molecule has 1 fully saturated rings. The first-order chi connectivity index (χ1) is 10.5. The molecule has 5 nitrogen and oxygen atoms in total. The third-order valence-corrected chi connectivity index (χ3v) is 4.18. The predicted octanol–water partition coefficient (Wildman–Crippen LogP) is 1.94. The quantitative estimate of drug-likeness (QED) is 0.813. The van der Waals surface area contributed by atoms with E-state index in [1.54, 1.807) is 17.4 Å². The lowest BCUT2D eigenvalue weighted by Crippen LogP contribution is -2.48. The van der Waals surface area contributed by atoms with Crippen LogP contribution in [0.4, 0.5) is 0 Å². The van der Waals surface area contributed by atoms with Crippen molar-refractivity contribution in [2.24, 2.45) is 5.92 Å². The highest BCUT2D eigenvalue weighted by molar-refractivity contribution is 7.09. The van der Waals surface area contributed by atoms with Crippen molar-refractivity contribution in [3.05, 3.63) is 22.2 Å². The van der Waals surface area contributed by atoms with E-state index in [1.807, 2.05) is 12.3 Å². The Bertz CT molecular complexity index is 513. The van der Waals surface area contributed by atoms with E-state index in [0.717, 1.165) is 36.9 Å². The lowest BCUT2D eigenvalue weighted by Gasteiger charge is -2.33. The molecule has 1 aliphatic heterocycles. The average molecular weight is 323 g/mol. The van der Waals surface area contributed by atoms with Gasteiger partial charge in [0.2, 0.25) is 5.91 Å². The maximum absolute atomic E-state index is 11.8. The summed E-state index contributed by atoms with van der Waals surface area (Å²) in [6.07, 6.45) is 3.35. The second kappa shape index (κ2) is 8.41. The summed E-state index contributed by atoms with van der Waals surface area (Å²) < 4.78 is 5.72. The summed E-state index contributed by atoms with van der Waals surface area (Å²) in [6.45, 7) is 10.6. The van der Waals surface area contributed by atoms with Crippen LogP contribution < -0.4 is 5.32 Å². The number of hydrogen-bond donors (Lipinski definition) is 1. The first kappa shape index (κ1) is 17.1. The zero-order chi connectivity index (χ0) is 15.9. The van der Waals surface area contributed by atoms with Crippen molar-refractivity contribution in [3.8, 4) is 0 Å². The molecule has 0 bridgehead atoms. The Balaban J connectivity index is 1.72. The molecule has 1 saturated heterocycles. The minimum absolute atomic E-state index is 0.0753. The van der Waals surface area contributed by atoms with Crippen molar-refractivity contribution in [1.82, 2.24) is 15.2 Å². The Morgan fingerprint density at radius 2 is 2.45 bits per heavy atom. The molecule has 0 radical (unpaired) electrons. The number of morpholine rings is 1. The molecule has 122 valence electrons. The van der Waals surface area contributed by atoms with Crippen LogP contribution in [-0.2, 0) is 9.53 Å². The number of amides is 1. The van der Waals surface area contributed by atoms with Crippen LogP contribution in [0.1, 0.15) is 24.5 Å². The summed E-state index contributed by atoms with van der Waals surface area (Å²) in [7, 11) is 0. The van der Waals surface area contributed by atoms with E-state index in [4.69, 9.17) is 4.74 Å². The molecule has 1 aromatic heterocycles. The average Bonchev–Trinajstić information content (AvgIpc) is 2.88. The molecule has 0 aliphatic carbocycles. The van der Waals surface area contributed by atoms with Crippen molar-refractivity contribution in [3.63, 3.8) is 0 Å². The Morgan fingerprint density at radius 3 is 3.14 bits per heavy atom. The molecule has 0 aromatic carbocycles. The van der Waals surface area contributed by atoms with E-state index in [1.165, 1.54) is 6.08 Å². The third kappa shape index (κ3) is 5.87. The number of aromatic nitrogens is 1. The molecule has 2 rings (SSSR count). The molecule has 1 atom stereocenters. The second-order valence-electron chi connectivity index (χ2n) is 6.02. The van der Waals surface area contributed by atoms with Gasteiger partial charge in [0.1, 0.15) is 0 Å². The van der Waals surface area contributed by atoms with Gasteiger partial charge in [0.25, 0.3) is 0 Å². The number of nitrogens with one attached hydrogen (secondary N) is 1. The zero-order valence-corrected chi connectivity index (χ0v) is 14.4. The molecule has 1 amide bonds. The van der Waals surface area contributed by atoms with Gasteiger partial charge in [0, 0.05) is 37.6 Å². The van der Waals surface area contributed by atoms with Gasteiger partial charge in [-0.15, -0.1) is 11.3 Å². The number of rotatable bonds is 6. The monoisotopic (exact) mass is 323 g/mol. The summed E-state index contributed by atoms with van der Waals surface area (Å²) in [5.41, 5.74) is 0.828. The van der Waals surface area contributed by atoms with Gasteiger partial charge in [-0.2, -0.15) is 0 Å². The number of carbonyl (C=O) groups excluding carboxylic acids is 1. The van der Waals surface area contributed by atoms with Gasteiger partial charge in [0.05, 0.1) is 23.4 Å². The Labute approximate surface area is 136 Å². The summed E-state index contributed by atoms with van der Waals surface area (Å²) in [5.74, 6) is 0.549. The smallest absolute Gasteiger partial charge is 0.244 e. The van der Waals surface area contributed by atoms with Crippen LogP contribution in [-0.4, -0.2) is 54.7 Å². The molecule has 2 heterocycles. The minimum atomic E-state index is -0.102. The SMILES string of the molecule is Cc1nc(/C=C/C(=O)NCC2CN(CC(C)C)CCO2)cs1. The Morgan fingerprint density at radius 1 is 1.64 bits per heavy atom. The van der Waals surface area contributed by atoms with E-state index in [-0.39, 0.29) is 12.0 Å². The molecular weight excluding hydrogens is 298 g/mol. The maximum atomic E-state index is 11.8. The van der Waals surface area contributed by atoms with Gasteiger partial charge in [0.15, 0.2) is 0 Å². The van der Waals surface area contributed by atoms with Gasteiger partial charge in [-0.05, 0) is 18.9 Å². The van der Waals surface area contributed by atoms with Crippen LogP contribution >= 0.6 is 11.3 Å². The second-order valence-corrected chi connectivity index (χ2v) is 7.08. The molecular formula is C16H25N3O2S. The van der Waals surface area contributed by atoms with Crippen LogP contribution in [0, 0.1) is 12.8 Å². The molecule has 0 saturated carbocycles. The fourth-order valence-corrected chi connectivity index (χ4v) is 3.06. The van der Waals surface area contributed by atoms with E-state index in [9.17, 15) is 4.79 Å². The third-order valence-electron chi connectivity index (χ3n) is 3.39. The van der Waals surface area contributed by atoms with Crippen LogP contribution in [0.15, 0.2) is 11.5 Å². The van der Waals surface area contributed by atoms with Gasteiger partial charge in [-0.25, -0.2) is 4.98 Å². The molecule has 1 unspecified atom stereocenters. The van der Waals surface area contributed by atoms with Gasteiger partial charge in [-0.1, -0.05) is 13.8 Å². The predicted molar refractivity (Wildman–Crippen MR) is 89.9 cm³/mol. The molecule has 6 heteroatoms. The summed E-state index contributed by atoms with van der Waals surface area (Å²) in [6, 6.07) is 0. The number of ether oxygens (including phenoxy) is 1. The molecule has 1 aromatic rings. The molecule has 0 spiro atoms. The number of hydrogen-bond acceptors (Lipinski definition) is 5. The summed E-state index contributed by atoms with van der Waals surface area (Å²) in [4.78, 5) is 18.5. The van der Waals surface area contributed by atoms with Gasteiger partial charge >= 0.3 is 0 Å². The molecule has 22 heavy (non-hydrogen) atoms. The first-order valence-corrected chi connectivity index (χ1v) is 8.63. The van der Waals surface area contributed by atoms with Gasteiger partial charge in [-0.3, -0.25) is 9.69 Å². The van der Waals surface area contributed by atoms with E-state index in [0.29, 0.717) is 12.5 Å². The van der Waals surface area contributed by atoms with Gasteiger partial charge < -0.3 is 10.1 Å². The number of carbonyl (C=O) groups is 1. The number of nitrogens with zero attached hydrogens (tertiary/aromatic N) is 2. The lowest BCUT2D eigenvalue weighted by molar-refractivity contribution is -0.117. The largest absolute Gasteiger partial charge is 0.374 e. The first-order valence-electron chi connectivity index (χ1n) is 7.75. The van der Waals surface area contributed by atoms with Crippen molar-refractivity contribution >= 4 is 23.3 Å². The van der Waals surface area contributed by atoms with E-state index < -0.39 is 0 Å². The highest BCUT2D eigenvalue weighted by atomic mass is 32.1. The highest BCUT2D eigenvalue weighted by Gasteiger charge is 2.20. The summed E-state index contributed by atoms with van der Waals surface area (Å²) in [5, 5.41) is 5.84. The summed E-state index contributed by atoms with van der Waals surface area (Å²) >= 11 is 1.58. The molecule has 1 N–H and O–H groups in total. The Hall–Kier alpha value is -1.24. The van der Waals surface area contributed by atoms with Crippen molar-refractivity contribution in [1.29, 1.82) is 0 Å². The topological polar surface area (TPSA) is 54.5 Å². The fraction of sp³-hybridized carbons (Fsp3) is 0.625. The van der Waals surface area contributed by atoms with Crippen molar-refractivity contribution in [2.45, 2.75) is 26.9 Å². The minimum Gasteiger partial charge on any atom is -0.374 e. The zero-order valence-electron chi connectivity index (χ0n) is 13.5. The normalized spacial score (nSPS) is 19.9. The van der Waals surface area contributed by atoms with Crippen LogP contribution in [0.5, 0.6) is 0 Å². The van der Waals surface area contributed by atoms with E-state index >= 15 is 0 Å². The Kier molecular flexibility index (Phi) is 6.54. The van der Waals surface area contributed by atoms with Crippen LogP contribution in [0.2, 0.25) is 0 Å². The standard InChI is InChI=1S/C16H25N3O2S/c1-12(2)9-19-6-7-21-15(10-19)8-17-16(20)5-4-14-11-22-13(3)18-14/h4-5,11-12,15H,6-10H2,1-3H3,(H,17,20)/b5-4+. The molecule has 1 aliphatic rings. The van der Waals surface area contributed by atoms with Crippen LogP contribution in [0.25, 0.3) is 6.08 Å². The lowest BCUT2D eigenvalue weighted by atomic mass is 10.2. The van der Waals surface area contributed by atoms with Crippen molar-refractivity contribution in [2.75, 3.05) is 32.8 Å². The highest BCUT2D eigenvalue weighted by Crippen LogP contribution is 2.09. The number of aryl methyl sites for hydroxylation is 1. The fourth-order valence-electron chi connectivity index (χ4n) is 2.48. The van der Waals surface area contributed by atoms with Crippen molar-refractivity contribution < 1.29 is 9.53 Å². The van der Waals surface area contributed by atoms with Crippen LogP contribution in [0.3, 0.4) is 0 Å². The van der Waals surface area contributed by atoms with E-state index in [2.05, 4.69) is 29.0 Å².